The van der Waals surface area contributed by atoms with E-state index in [0.717, 1.165) is 35.5 Å². The normalized spacial score (nSPS) is 12.6. The van der Waals surface area contributed by atoms with Crippen LogP contribution in [0.5, 0.6) is 0 Å². The molecule has 0 radical (unpaired) electrons. The number of nitrogens with zero attached hydrogens (tertiary/aromatic N) is 1. The molecule has 146 valence electrons. The van der Waals surface area contributed by atoms with Gasteiger partial charge in [0.1, 0.15) is 5.84 Å². The van der Waals surface area contributed by atoms with Gasteiger partial charge in [-0.3, -0.25) is 4.99 Å². The Balaban J connectivity index is 2.18. The van der Waals surface area contributed by atoms with Gasteiger partial charge in [0.15, 0.2) is 0 Å². The molecule has 0 aliphatic heterocycles. The van der Waals surface area contributed by atoms with Crippen LogP contribution < -0.4 is 16.4 Å². The molecule has 2 aromatic rings. The number of hydrogen-bond donors (Lipinski definition) is 3. The highest BCUT2D eigenvalue weighted by Crippen LogP contribution is 2.13. The predicted octanol–water partition coefficient (Wildman–Crippen LogP) is 4.59. The Hall–Kier alpha value is -3.27. The van der Waals surface area contributed by atoms with Crippen LogP contribution in [0.3, 0.4) is 0 Å². The van der Waals surface area contributed by atoms with E-state index in [4.69, 9.17) is 5.73 Å². The molecular weight excluding hydrogens is 344 g/mol. The van der Waals surface area contributed by atoms with E-state index >= 15 is 0 Å². The Morgan fingerprint density at radius 3 is 2.29 bits per heavy atom. The van der Waals surface area contributed by atoms with Crippen LogP contribution in [0, 0.1) is 0 Å². The smallest absolute Gasteiger partial charge is 0.127 e. The summed E-state index contributed by atoms with van der Waals surface area (Å²) in [5.74, 6) is 0.688. The number of nitrogens with two attached hydrogens (primary N) is 1. The van der Waals surface area contributed by atoms with Crippen molar-refractivity contribution in [1.29, 1.82) is 0 Å². The Bertz CT molecular complexity index is 829. The van der Waals surface area contributed by atoms with Crippen molar-refractivity contribution in [1.82, 2.24) is 10.6 Å². The molecule has 0 bridgehead atoms. The van der Waals surface area contributed by atoms with Crippen LogP contribution in [0.25, 0.3) is 5.70 Å². The highest BCUT2D eigenvalue weighted by atomic mass is 15.0. The van der Waals surface area contributed by atoms with Crippen LogP contribution in [-0.4, -0.2) is 12.4 Å². The van der Waals surface area contributed by atoms with Gasteiger partial charge in [0, 0.05) is 23.6 Å². The number of benzene rings is 2. The van der Waals surface area contributed by atoms with Gasteiger partial charge in [0.25, 0.3) is 0 Å². The van der Waals surface area contributed by atoms with Crippen molar-refractivity contribution in [2.24, 2.45) is 10.7 Å². The fourth-order valence-electron chi connectivity index (χ4n) is 2.59. The molecular formula is C24H30N4. The van der Waals surface area contributed by atoms with E-state index in [2.05, 4.69) is 53.4 Å². The minimum atomic E-state index is 0.573. The van der Waals surface area contributed by atoms with E-state index in [1.165, 1.54) is 0 Å². The van der Waals surface area contributed by atoms with Gasteiger partial charge in [-0.1, -0.05) is 74.2 Å². The van der Waals surface area contributed by atoms with Gasteiger partial charge in [0.2, 0.25) is 0 Å². The Labute approximate surface area is 168 Å². The SMILES string of the molecule is C=C(/C=C(\NCCC)c1ccccc1)NC(/C=C(/C)N)=NCc1ccccc1. The molecule has 0 aliphatic carbocycles. The monoisotopic (exact) mass is 374 g/mol. The zero-order valence-corrected chi connectivity index (χ0v) is 16.8. The molecule has 0 amide bonds. The van der Waals surface area contributed by atoms with E-state index in [1.807, 2.05) is 55.5 Å². The predicted molar refractivity (Wildman–Crippen MR) is 121 cm³/mol. The van der Waals surface area contributed by atoms with E-state index in [1.54, 1.807) is 0 Å². The standard InChI is InChI=1S/C24H30N4/c1-4-15-26-23(22-13-9-6-10-14-22)17-20(3)28-24(16-19(2)25)27-18-21-11-7-5-8-12-21/h5-14,16-17,26H,3-4,15,18,25H2,1-2H3,(H,27,28)/b19-16-,23-17-. The third kappa shape index (κ3) is 7.54. The van der Waals surface area contributed by atoms with Crippen molar-refractivity contribution in [2.75, 3.05) is 6.54 Å². The zero-order valence-electron chi connectivity index (χ0n) is 16.8. The Kier molecular flexibility index (Phi) is 8.60. The molecule has 2 aromatic carbocycles. The van der Waals surface area contributed by atoms with Crippen molar-refractivity contribution >= 4 is 11.5 Å². The van der Waals surface area contributed by atoms with Crippen LogP contribution in [0.1, 0.15) is 31.4 Å². The highest BCUT2D eigenvalue weighted by Gasteiger charge is 2.03. The van der Waals surface area contributed by atoms with E-state index in [9.17, 15) is 0 Å². The lowest BCUT2D eigenvalue weighted by Gasteiger charge is -2.13. The third-order valence-electron chi connectivity index (χ3n) is 3.90. The first-order chi connectivity index (χ1) is 13.6. The van der Waals surface area contributed by atoms with Gasteiger partial charge < -0.3 is 16.4 Å². The van der Waals surface area contributed by atoms with E-state index < -0.39 is 0 Å². The van der Waals surface area contributed by atoms with Gasteiger partial charge in [-0.15, -0.1) is 0 Å². The molecule has 0 atom stereocenters. The molecule has 28 heavy (non-hydrogen) atoms. The number of aliphatic imine (C=N–C) groups is 1. The molecule has 0 spiro atoms. The van der Waals surface area contributed by atoms with Crippen LogP contribution >= 0.6 is 0 Å². The van der Waals surface area contributed by atoms with Crippen molar-refractivity contribution < 1.29 is 0 Å². The summed E-state index contributed by atoms with van der Waals surface area (Å²) in [5, 5.41) is 6.75. The molecule has 4 heteroatoms. The van der Waals surface area contributed by atoms with Crippen molar-refractivity contribution in [2.45, 2.75) is 26.8 Å². The van der Waals surface area contributed by atoms with Crippen LogP contribution in [0.2, 0.25) is 0 Å². The highest BCUT2D eigenvalue weighted by molar-refractivity contribution is 5.95. The summed E-state index contributed by atoms with van der Waals surface area (Å²) in [6, 6.07) is 20.3. The second-order valence-corrected chi connectivity index (χ2v) is 6.58. The van der Waals surface area contributed by atoms with Crippen molar-refractivity contribution in [3.63, 3.8) is 0 Å². The van der Waals surface area contributed by atoms with Gasteiger partial charge in [-0.25, -0.2) is 0 Å². The van der Waals surface area contributed by atoms with Gasteiger partial charge in [-0.2, -0.15) is 0 Å². The van der Waals surface area contributed by atoms with Gasteiger partial charge in [0.05, 0.1) is 6.54 Å². The first-order valence-corrected chi connectivity index (χ1v) is 9.57. The maximum absolute atomic E-state index is 5.88. The largest absolute Gasteiger partial charge is 0.402 e. The maximum Gasteiger partial charge on any atom is 0.127 e. The van der Waals surface area contributed by atoms with Gasteiger partial charge >= 0.3 is 0 Å². The minimum Gasteiger partial charge on any atom is -0.402 e. The molecule has 0 saturated heterocycles. The quantitative estimate of drug-likeness (QED) is 0.342. The number of rotatable bonds is 9. The summed E-state index contributed by atoms with van der Waals surface area (Å²) in [6.45, 7) is 9.61. The van der Waals surface area contributed by atoms with Crippen molar-refractivity contribution in [3.05, 3.63) is 102 Å². The Morgan fingerprint density at radius 2 is 1.68 bits per heavy atom. The lowest BCUT2D eigenvalue weighted by Crippen LogP contribution is -2.22. The summed E-state index contributed by atoms with van der Waals surface area (Å²) in [5.41, 5.74) is 10.6. The molecule has 0 fully saturated rings. The number of allylic oxidation sites excluding steroid dienone is 2. The average molecular weight is 375 g/mol. The third-order valence-corrected chi connectivity index (χ3v) is 3.90. The topological polar surface area (TPSA) is 62.4 Å². The fraction of sp³-hybridized carbons (Fsp3) is 0.208. The molecule has 4 nitrogen and oxygen atoms in total. The second kappa shape index (κ2) is 11.4. The first-order valence-electron chi connectivity index (χ1n) is 9.57. The minimum absolute atomic E-state index is 0.573. The summed E-state index contributed by atoms with van der Waals surface area (Å²) >= 11 is 0. The number of nitrogens with one attached hydrogen (secondary N) is 2. The maximum atomic E-state index is 5.88. The number of amidine groups is 1. The summed E-state index contributed by atoms with van der Waals surface area (Å²) in [4.78, 5) is 4.65. The average Bonchev–Trinajstić information content (AvgIpc) is 2.70. The second-order valence-electron chi connectivity index (χ2n) is 6.58. The van der Waals surface area contributed by atoms with Crippen molar-refractivity contribution in [3.8, 4) is 0 Å². The van der Waals surface area contributed by atoms with E-state index in [0.29, 0.717) is 18.1 Å². The summed E-state index contributed by atoms with van der Waals surface area (Å²) in [7, 11) is 0. The Morgan fingerprint density at radius 1 is 1.04 bits per heavy atom. The molecule has 2 rings (SSSR count). The van der Waals surface area contributed by atoms with Crippen LogP contribution in [0.15, 0.2) is 95.8 Å². The van der Waals surface area contributed by atoms with Gasteiger partial charge in [-0.05, 0) is 36.6 Å². The number of hydrogen-bond acceptors (Lipinski definition) is 3. The molecule has 0 unspecified atom stereocenters. The molecule has 0 saturated carbocycles. The van der Waals surface area contributed by atoms with E-state index in [-0.39, 0.29) is 0 Å². The molecule has 0 aliphatic rings. The van der Waals surface area contributed by atoms with Crippen LogP contribution in [0.4, 0.5) is 0 Å². The first kappa shape index (κ1) is 21.0. The lowest BCUT2D eigenvalue weighted by atomic mass is 10.1. The molecule has 0 heterocycles. The lowest BCUT2D eigenvalue weighted by molar-refractivity contribution is 0.822. The zero-order chi connectivity index (χ0) is 20.2. The summed E-state index contributed by atoms with van der Waals surface area (Å²) in [6.07, 6.45) is 4.87. The summed E-state index contributed by atoms with van der Waals surface area (Å²) < 4.78 is 0. The molecule has 4 N–H and O–H groups in total. The fourth-order valence-corrected chi connectivity index (χ4v) is 2.59. The van der Waals surface area contributed by atoms with Crippen LogP contribution in [-0.2, 0) is 6.54 Å². The molecule has 0 aromatic heterocycles.